The highest BCUT2D eigenvalue weighted by Gasteiger charge is 2.21. The zero-order chi connectivity index (χ0) is 21.7. The molecule has 1 nitrogen and oxygen atoms in total. The van der Waals surface area contributed by atoms with Crippen molar-refractivity contribution in [1.82, 2.24) is 0 Å². The third-order valence-electron chi connectivity index (χ3n) is 7.42. The summed E-state index contributed by atoms with van der Waals surface area (Å²) in [7, 11) is 0. The van der Waals surface area contributed by atoms with Gasteiger partial charge in [0.1, 0.15) is 5.75 Å². The molecule has 0 aliphatic heterocycles. The first-order chi connectivity index (χ1) is 15.3. The van der Waals surface area contributed by atoms with Crippen LogP contribution in [-0.4, -0.2) is 6.61 Å². The molecule has 3 rings (SSSR count). The Balaban J connectivity index is 1.35. The summed E-state index contributed by atoms with van der Waals surface area (Å²) >= 11 is 0. The predicted octanol–water partition coefficient (Wildman–Crippen LogP) is 8.70. The van der Waals surface area contributed by atoms with E-state index >= 15 is 0 Å². The Bertz CT molecular complexity index is 688. The van der Waals surface area contributed by atoms with Gasteiger partial charge in [0.15, 0.2) is 0 Å². The van der Waals surface area contributed by atoms with E-state index in [2.05, 4.69) is 62.1 Å². The maximum Gasteiger partial charge on any atom is 0.119 e. The average molecular weight is 421 g/mol. The molecule has 0 amide bonds. The molecule has 0 heterocycles. The van der Waals surface area contributed by atoms with Crippen molar-refractivity contribution < 1.29 is 4.74 Å². The largest absolute Gasteiger partial charge is 0.494 e. The summed E-state index contributed by atoms with van der Waals surface area (Å²) in [5.74, 6) is 11.0. The van der Waals surface area contributed by atoms with E-state index in [1.54, 1.807) is 0 Å². The first-order valence-electron chi connectivity index (χ1n) is 13.2. The highest BCUT2D eigenvalue weighted by Crippen LogP contribution is 2.36. The molecule has 2 saturated carbocycles. The molecule has 0 unspecified atom stereocenters. The van der Waals surface area contributed by atoms with Gasteiger partial charge in [-0.15, -0.1) is 0 Å². The van der Waals surface area contributed by atoms with Crippen LogP contribution >= 0.6 is 0 Å². The summed E-state index contributed by atoms with van der Waals surface area (Å²) in [6, 6.07) is 8.88. The minimum absolute atomic E-state index is 0.586. The third-order valence-corrected chi connectivity index (χ3v) is 7.42. The van der Waals surface area contributed by atoms with E-state index in [1.165, 1.54) is 82.6 Å². The van der Waals surface area contributed by atoms with Crippen LogP contribution < -0.4 is 4.74 Å². The van der Waals surface area contributed by atoms with E-state index < -0.39 is 0 Å². The maximum absolute atomic E-state index is 5.86. The minimum Gasteiger partial charge on any atom is -0.494 e. The summed E-state index contributed by atoms with van der Waals surface area (Å²) in [5, 5.41) is 0. The van der Waals surface area contributed by atoms with Gasteiger partial charge in [0.05, 0.1) is 6.61 Å². The molecule has 170 valence electrons. The van der Waals surface area contributed by atoms with E-state index in [1.807, 2.05) is 0 Å². The quantitative estimate of drug-likeness (QED) is 0.287. The number of hydrogen-bond donors (Lipinski definition) is 0. The number of allylic oxidation sites excluding steroid dienone is 2. The lowest BCUT2D eigenvalue weighted by molar-refractivity contribution is 0.294. The van der Waals surface area contributed by atoms with E-state index in [9.17, 15) is 0 Å². The van der Waals surface area contributed by atoms with Crippen LogP contribution in [-0.2, 0) is 0 Å². The van der Waals surface area contributed by atoms with Gasteiger partial charge in [0.2, 0.25) is 0 Å². The Morgan fingerprint density at radius 1 is 0.871 bits per heavy atom. The zero-order valence-corrected chi connectivity index (χ0v) is 20.1. The summed E-state index contributed by atoms with van der Waals surface area (Å²) in [5.41, 5.74) is 1.48. The lowest BCUT2D eigenvalue weighted by Crippen LogP contribution is -2.12. The van der Waals surface area contributed by atoms with Crippen molar-refractivity contribution in [2.24, 2.45) is 17.8 Å². The summed E-state index contributed by atoms with van der Waals surface area (Å²) < 4.78 is 5.86. The fourth-order valence-corrected chi connectivity index (χ4v) is 5.38. The molecule has 1 heteroatoms. The van der Waals surface area contributed by atoms with Gasteiger partial charge in [-0.2, -0.15) is 0 Å². The van der Waals surface area contributed by atoms with E-state index in [4.69, 9.17) is 4.74 Å². The third kappa shape index (κ3) is 8.40. The fourth-order valence-electron chi connectivity index (χ4n) is 5.38. The van der Waals surface area contributed by atoms with Crippen LogP contribution in [0.3, 0.4) is 0 Å². The van der Waals surface area contributed by atoms with Crippen molar-refractivity contribution in [3.8, 4) is 17.6 Å². The Morgan fingerprint density at radius 2 is 1.61 bits per heavy atom. The lowest BCUT2D eigenvalue weighted by atomic mass is 9.79. The average Bonchev–Trinajstić information content (AvgIpc) is 2.82. The molecule has 2 fully saturated rings. The Kier molecular flexibility index (Phi) is 10.6. The van der Waals surface area contributed by atoms with Gasteiger partial charge in [-0.25, -0.2) is 0 Å². The van der Waals surface area contributed by atoms with Crippen molar-refractivity contribution in [3.05, 3.63) is 42.0 Å². The van der Waals surface area contributed by atoms with Gasteiger partial charge in [0, 0.05) is 5.92 Å². The minimum atomic E-state index is 0.586. The topological polar surface area (TPSA) is 9.23 Å². The first-order valence-corrected chi connectivity index (χ1v) is 13.2. The molecular weight excluding hydrogens is 376 g/mol. The fraction of sp³-hybridized carbons (Fsp3) is 0.667. The Hall–Kier alpha value is -1.68. The molecule has 1 aromatic carbocycles. The van der Waals surface area contributed by atoms with Crippen molar-refractivity contribution in [3.63, 3.8) is 0 Å². The van der Waals surface area contributed by atoms with Gasteiger partial charge < -0.3 is 4.74 Å². The number of benzene rings is 1. The van der Waals surface area contributed by atoms with Crippen molar-refractivity contribution >= 4 is 0 Å². The lowest BCUT2D eigenvalue weighted by Gasteiger charge is -2.26. The smallest absolute Gasteiger partial charge is 0.119 e. The number of unbranched alkanes of at least 4 members (excludes halogenated alkanes) is 2. The van der Waals surface area contributed by atoms with Crippen LogP contribution in [0.25, 0.3) is 0 Å². The van der Waals surface area contributed by atoms with Crippen LogP contribution in [0, 0.1) is 29.6 Å². The van der Waals surface area contributed by atoms with Gasteiger partial charge in [-0.05, 0) is 99.3 Å². The SMILES string of the molecule is CCCCCOc1ccc(C2CCC(C#C/C=C/C3CCC(CCC)CC3)CC2)cc1. The number of ether oxygens (including phenoxy) is 1. The molecule has 0 radical (unpaired) electrons. The maximum atomic E-state index is 5.86. The monoisotopic (exact) mass is 420 g/mol. The molecule has 31 heavy (non-hydrogen) atoms. The Morgan fingerprint density at radius 3 is 2.29 bits per heavy atom. The van der Waals surface area contributed by atoms with E-state index in [-0.39, 0.29) is 0 Å². The molecule has 0 bridgehead atoms. The zero-order valence-electron chi connectivity index (χ0n) is 20.1. The number of hydrogen-bond acceptors (Lipinski definition) is 1. The highest BCUT2D eigenvalue weighted by atomic mass is 16.5. The predicted molar refractivity (Wildman–Crippen MR) is 133 cm³/mol. The second-order valence-corrected chi connectivity index (χ2v) is 9.89. The molecule has 2 aliphatic rings. The highest BCUT2D eigenvalue weighted by molar-refractivity contribution is 5.30. The van der Waals surface area contributed by atoms with Crippen molar-refractivity contribution in [2.45, 2.75) is 103 Å². The molecule has 0 aromatic heterocycles. The second kappa shape index (κ2) is 13.7. The molecule has 1 aromatic rings. The van der Waals surface area contributed by atoms with Gasteiger partial charge >= 0.3 is 0 Å². The normalized spacial score (nSPS) is 26.4. The van der Waals surface area contributed by atoms with E-state index in [0.717, 1.165) is 30.6 Å². The Labute approximate surface area is 192 Å². The van der Waals surface area contributed by atoms with Crippen molar-refractivity contribution in [1.29, 1.82) is 0 Å². The van der Waals surface area contributed by atoms with Gasteiger partial charge in [-0.1, -0.05) is 69.6 Å². The molecular formula is C30H44O. The molecule has 0 atom stereocenters. The standard InChI is InChI=1S/C30H44O/c1-3-5-8-24-31-30-22-20-29(21-23-30)28-18-16-27(17-19-28)11-7-6-10-26-14-12-25(9-4-2)13-15-26/h6,10,20-23,25-28H,3-5,8-9,12-19,24H2,1-2H3/b10-6+. The van der Waals surface area contributed by atoms with Crippen LogP contribution in [0.1, 0.15) is 109 Å². The van der Waals surface area contributed by atoms with Crippen molar-refractivity contribution in [2.75, 3.05) is 6.61 Å². The molecule has 0 saturated heterocycles. The van der Waals surface area contributed by atoms with Gasteiger partial charge in [0.25, 0.3) is 0 Å². The molecule has 0 N–H and O–H groups in total. The van der Waals surface area contributed by atoms with E-state index in [0.29, 0.717) is 11.8 Å². The number of rotatable bonds is 9. The first kappa shape index (κ1) is 24.0. The van der Waals surface area contributed by atoms with Crippen LogP contribution in [0.5, 0.6) is 5.75 Å². The van der Waals surface area contributed by atoms with Crippen LogP contribution in [0.15, 0.2) is 36.4 Å². The van der Waals surface area contributed by atoms with Crippen LogP contribution in [0.4, 0.5) is 0 Å². The summed E-state index contributed by atoms with van der Waals surface area (Å²) in [4.78, 5) is 0. The van der Waals surface area contributed by atoms with Crippen LogP contribution in [0.2, 0.25) is 0 Å². The molecule has 2 aliphatic carbocycles. The second-order valence-electron chi connectivity index (χ2n) is 9.89. The van der Waals surface area contributed by atoms with Gasteiger partial charge in [-0.3, -0.25) is 0 Å². The summed E-state index contributed by atoms with van der Waals surface area (Å²) in [6.45, 7) is 5.38. The summed E-state index contributed by atoms with van der Waals surface area (Å²) in [6.07, 6.45) is 21.6. The molecule has 0 spiro atoms.